The zero-order valence-electron chi connectivity index (χ0n) is 6.45. The minimum atomic E-state index is 0.301. The smallest absolute Gasteiger partial charge is 0.0687 e. The highest BCUT2D eigenvalue weighted by atomic mass is 16.5. The van der Waals surface area contributed by atoms with Crippen molar-refractivity contribution >= 4 is 0 Å². The summed E-state index contributed by atoms with van der Waals surface area (Å²) < 4.78 is 5.45. The average molecular weight is 142 g/mol. The summed E-state index contributed by atoms with van der Waals surface area (Å²) in [4.78, 5) is 0. The molecule has 0 aromatic rings. The van der Waals surface area contributed by atoms with E-state index >= 15 is 0 Å². The summed E-state index contributed by atoms with van der Waals surface area (Å²) in [6.07, 6.45) is 0.845. The van der Waals surface area contributed by atoms with Gasteiger partial charge >= 0.3 is 0 Å². The van der Waals surface area contributed by atoms with Crippen molar-refractivity contribution in [1.29, 1.82) is 0 Å². The van der Waals surface area contributed by atoms with Gasteiger partial charge in [-0.25, -0.2) is 0 Å². The van der Waals surface area contributed by atoms with Crippen molar-refractivity contribution in [2.24, 2.45) is 17.8 Å². The Hall–Kier alpha value is -0.0800. The van der Waals surface area contributed by atoms with E-state index in [1.54, 1.807) is 0 Å². The average Bonchev–Trinajstić information content (AvgIpc) is 1.86. The van der Waals surface area contributed by atoms with Crippen molar-refractivity contribution in [3.05, 3.63) is 0 Å². The van der Waals surface area contributed by atoms with Crippen molar-refractivity contribution in [2.75, 3.05) is 6.61 Å². The summed E-state index contributed by atoms with van der Waals surface area (Å²) >= 11 is 0. The summed E-state index contributed by atoms with van der Waals surface area (Å²) in [5.74, 6) is 1.86. The minimum Gasteiger partial charge on any atom is -0.396 e. The number of rotatable bonds is 1. The van der Waals surface area contributed by atoms with Crippen LogP contribution in [-0.4, -0.2) is 23.9 Å². The molecule has 10 heavy (non-hydrogen) atoms. The Labute approximate surface area is 61.2 Å². The molecule has 58 valence electrons. The Morgan fingerprint density at radius 2 is 2.10 bits per heavy atom. The molecule has 0 amide bonds. The highest BCUT2D eigenvalue weighted by molar-refractivity contribution is 5.04. The molecule has 5 unspecified atom stereocenters. The van der Waals surface area contributed by atoms with Gasteiger partial charge in [-0.2, -0.15) is 0 Å². The Bertz CT molecular complexity index is 134. The van der Waals surface area contributed by atoms with Gasteiger partial charge in [-0.05, 0) is 12.8 Å². The zero-order chi connectivity index (χ0) is 7.30. The molecule has 0 bridgehead atoms. The lowest BCUT2D eigenvalue weighted by molar-refractivity contribution is -0.298. The first-order valence-electron chi connectivity index (χ1n) is 4.02. The molecule has 2 heteroatoms. The van der Waals surface area contributed by atoms with Crippen molar-refractivity contribution in [3.8, 4) is 0 Å². The van der Waals surface area contributed by atoms with Crippen LogP contribution in [0.5, 0.6) is 0 Å². The van der Waals surface area contributed by atoms with E-state index in [0.717, 1.165) is 5.92 Å². The quantitative estimate of drug-likeness (QED) is 0.582. The van der Waals surface area contributed by atoms with Crippen LogP contribution in [0.4, 0.5) is 0 Å². The topological polar surface area (TPSA) is 29.5 Å². The second-order valence-electron chi connectivity index (χ2n) is 3.59. The fourth-order valence-electron chi connectivity index (χ4n) is 2.43. The van der Waals surface area contributed by atoms with Gasteiger partial charge in [0.05, 0.1) is 12.2 Å². The minimum absolute atomic E-state index is 0.301. The van der Waals surface area contributed by atoms with Gasteiger partial charge in [0.1, 0.15) is 0 Å². The van der Waals surface area contributed by atoms with Crippen LogP contribution in [0.2, 0.25) is 0 Å². The predicted octanol–water partition coefficient (Wildman–Crippen LogP) is 0.648. The summed E-state index contributed by atoms with van der Waals surface area (Å²) in [6, 6.07) is 0. The first-order chi connectivity index (χ1) is 4.75. The number of aliphatic hydroxyl groups excluding tert-OH is 1. The largest absolute Gasteiger partial charge is 0.396 e. The summed E-state index contributed by atoms with van der Waals surface area (Å²) in [7, 11) is 0. The third-order valence-electron chi connectivity index (χ3n) is 3.21. The molecule has 2 fully saturated rings. The van der Waals surface area contributed by atoms with E-state index in [1.807, 2.05) is 0 Å². The van der Waals surface area contributed by atoms with Gasteiger partial charge in [0.15, 0.2) is 0 Å². The number of hydrogen-bond acceptors (Lipinski definition) is 2. The Kier molecular flexibility index (Phi) is 1.29. The van der Waals surface area contributed by atoms with E-state index in [-0.39, 0.29) is 0 Å². The van der Waals surface area contributed by atoms with E-state index in [0.29, 0.717) is 30.7 Å². The Morgan fingerprint density at radius 3 is 2.50 bits per heavy atom. The van der Waals surface area contributed by atoms with Crippen LogP contribution in [0.25, 0.3) is 0 Å². The van der Waals surface area contributed by atoms with Gasteiger partial charge in [-0.1, -0.05) is 6.92 Å². The first-order valence-corrected chi connectivity index (χ1v) is 4.02. The van der Waals surface area contributed by atoms with Crippen LogP contribution >= 0.6 is 0 Å². The molecule has 1 aliphatic heterocycles. The molecule has 0 aromatic carbocycles. The van der Waals surface area contributed by atoms with Crippen molar-refractivity contribution in [3.63, 3.8) is 0 Å². The molecular weight excluding hydrogens is 128 g/mol. The van der Waals surface area contributed by atoms with E-state index in [2.05, 4.69) is 13.8 Å². The zero-order valence-corrected chi connectivity index (χ0v) is 6.45. The van der Waals surface area contributed by atoms with Crippen LogP contribution < -0.4 is 0 Å². The van der Waals surface area contributed by atoms with Crippen LogP contribution in [0.3, 0.4) is 0 Å². The van der Waals surface area contributed by atoms with Gasteiger partial charge in [-0.15, -0.1) is 0 Å². The third kappa shape index (κ3) is 0.565. The molecule has 0 aromatic heterocycles. The third-order valence-corrected chi connectivity index (χ3v) is 3.21. The van der Waals surface area contributed by atoms with E-state index in [1.165, 1.54) is 0 Å². The van der Waals surface area contributed by atoms with Gasteiger partial charge in [0.2, 0.25) is 0 Å². The SMILES string of the molecule is CC1OC2C(CO)C(C)C12. The maximum absolute atomic E-state index is 8.88. The van der Waals surface area contributed by atoms with E-state index < -0.39 is 0 Å². The molecular formula is C8H14O2. The maximum atomic E-state index is 8.88. The lowest BCUT2D eigenvalue weighted by Gasteiger charge is -2.61. The fraction of sp³-hybridized carbons (Fsp3) is 1.00. The highest BCUT2D eigenvalue weighted by Crippen LogP contribution is 2.52. The molecule has 1 heterocycles. The molecule has 2 rings (SSSR count). The molecule has 2 aliphatic rings. The molecule has 2 nitrogen and oxygen atoms in total. The van der Waals surface area contributed by atoms with Crippen LogP contribution in [-0.2, 0) is 4.74 Å². The summed E-state index contributed by atoms with van der Waals surface area (Å²) in [6.45, 7) is 4.63. The lowest BCUT2D eigenvalue weighted by Crippen LogP contribution is -2.66. The van der Waals surface area contributed by atoms with E-state index in [9.17, 15) is 0 Å². The first kappa shape index (κ1) is 6.62. The predicted molar refractivity (Wildman–Crippen MR) is 37.6 cm³/mol. The van der Waals surface area contributed by atoms with Gasteiger partial charge < -0.3 is 9.84 Å². The number of hydrogen-bond donors (Lipinski definition) is 1. The summed E-state index contributed by atoms with van der Waals surface area (Å²) in [5, 5.41) is 8.88. The van der Waals surface area contributed by atoms with E-state index in [4.69, 9.17) is 9.84 Å². The normalized spacial score (nSPS) is 58.5. The van der Waals surface area contributed by atoms with Gasteiger partial charge in [-0.3, -0.25) is 0 Å². The monoisotopic (exact) mass is 142 g/mol. The molecule has 1 saturated carbocycles. The molecule has 5 atom stereocenters. The molecule has 1 aliphatic carbocycles. The number of fused-ring (bicyclic) bond motifs is 1. The van der Waals surface area contributed by atoms with Gasteiger partial charge in [0, 0.05) is 18.4 Å². The molecule has 1 saturated heterocycles. The van der Waals surface area contributed by atoms with Crippen LogP contribution in [0.1, 0.15) is 13.8 Å². The highest BCUT2D eigenvalue weighted by Gasteiger charge is 2.58. The fourth-order valence-corrected chi connectivity index (χ4v) is 2.43. The number of aliphatic hydroxyl groups is 1. The Morgan fingerprint density at radius 1 is 1.40 bits per heavy atom. The lowest BCUT2D eigenvalue weighted by atomic mass is 9.58. The standard InChI is InChI=1S/C8H14O2/c1-4-6(3-9)8-7(4)5(2)10-8/h4-9H,3H2,1-2H3. The van der Waals surface area contributed by atoms with Crippen molar-refractivity contribution in [1.82, 2.24) is 0 Å². The Balaban J connectivity index is 1.97. The van der Waals surface area contributed by atoms with Crippen molar-refractivity contribution in [2.45, 2.75) is 26.1 Å². The number of ether oxygens (including phenoxy) is 1. The van der Waals surface area contributed by atoms with Crippen molar-refractivity contribution < 1.29 is 9.84 Å². The second kappa shape index (κ2) is 1.95. The maximum Gasteiger partial charge on any atom is 0.0687 e. The molecule has 0 spiro atoms. The summed E-state index contributed by atoms with van der Waals surface area (Å²) in [5.41, 5.74) is 0. The molecule has 1 N–H and O–H groups in total. The molecule has 0 radical (unpaired) electrons. The van der Waals surface area contributed by atoms with Crippen LogP contribution in [0, 0.1) is 17.8 Å². The second-order valence-corrected chi connectivity index (χ2v) is 3.59. The van der Waals surface area contributed by atoms with Gasteiger partial charge in [0.25, 0.3) is 0 Å². The van der Waals surface area contributed by atoms with Crippen LogP contribution in [0.15, 0.2) is 0 Å².